The molecule has 0 aliphatic carbocycles. The predicted molar refractivity (Wildman–Crippen MR) is 76.4 cm³/mol. The van der Waals surface area contributed by atoms with Crippen LogP contribution < -0.4 is 5.32 Å². The molecule has 0 aliphatic rings. The van der Waals surface area contributed by atoms with Gasteiger partial charge in [-0.15, -0.1) is 0 Å². The van der Waals surface area contributed by atoms with Crippen LogP contribution >= 0.6 is 0 Å². The summed E-state index contributed by atoms with van der Waals surface area (Å²) >= 11 is 0. The van der Waals surface area contributed by atoms with E-state index in [1.54, 1.807) is 0 Å². The normalized spacial score (nSPS) is 13.0. The lowest BCUT2D eigenvalue weighted by Crippen LogP contribution is -2.53. The zero-order valence-corrected chi connectivity index (χ0v) is 12.0. The molecule has 1 aromatic carbocycles. The maximum atomic E-state index is 11.9. The summed E-state index contributed by atoms with van der Waals surface area (Å²) in [5, 5.41) is 21.9. The SMILES string of the molecule is CCC(CO)(CO)NCC(C(=O)OC)c1ccccc1. The van der Waals surface area contributed by atoms with Gasteiger partial charge in [0.05, 0.1) is 31.8 Å². The van der Waals surface area contributed by atoms with E-state index in [4.69, 9.17) is 4.74 Å². The standard InChI is InChI=1S/C15H23NO4/c1-3-15(10-17,11-18)16-9-13(14(19)20-2)12-7-5-4-6-8-12/h4-8,13,16-18H,3,9-11H2,1-2H3. The van der Waals surface area contributed by atoms with Crippen molar-refractivity contribution in [3.63, 3.8) is 0 Å². The van der Waals surface area contributed by atoms with E-state index in [0.29, 0.717) is 13.0 Å². The number of aliphatic hydroxyl groups is 2. The Hall–Kier alpha value is -1.43. The molecule has 1 unspecified atom stereocenters. The van der Waals surface area contributed by atoms with Crippen molar-refractivity contribution in [2.75, 3.05) is 26.9 Å². The van der Waals surface area contributed by atoms with Gasteiger partial charge in [0.15, 0.2) is 0 Å². The number of ether oxygens (including phenoxy) is 1. The topological polar surface area (TPSA) is 78.8 Å². The minimum atomic E-state index is -0.777. The molecule has 1 rings (SSSR count). The van der Waals surface area contributed by atoms with Crippen LogP contribution in [0.15, 0.2) is 30.3 Å². The molecule has 0 saturated carbocycles. The highest BCUT2D eigenvalue weighted by molar-refractivity contribution is 5.78. The van der Waals surface area contributed by atoms with E-state index < -0.39 is 11.5 Å². The molecule has 0 heterocycles. The van der Waals surface area contributed by atoms with E-state index in [1.165, 1.54) is 7.11 Å². The van der Waals surface area contributed by atoms with E-state index >= 15 is 0 Å². The zero-order valence-electron chi connectivity index (χ0n) is 12.0. The van der Waals surface area contributed by atoms with Crippen LogP contribution in [0.2, 0.25) is 0 Å². The Morgan fingerprint density at radius 3 is 2.35 bits per heavy atom. The van der Waals surface area contributed by atoms with Crippen LogP contribution in [-0.4, -0.2) is 48.6 Å². The second kappa shape index (κ2) is 7.99. The average Bonchev–Trinajstić information content (AvgIpc) is 2.52. The van der Waals surface area contributed by atoms with Crippen LogP contribution in [0.3, 0.4) is 0 Å². The van der Waals surface area contributed by atoms with Crippen LogP contribution in [0.4, 0.5) is 0 Å². The smallest absolute Gasteiger partial charge is 0.314 e. The molecule has 0 aromatic heterocycles. The summed E-state index contributed by atoms with van der Waals surface area (Å²) in [5.74, 6) is -0.810. The van der Waals surface area contributed by atoms with Crippen LogP contribution in [0.25, 0.3) is 0 Å². The number of rotatable bonds is 8. The Balaban J connectivity index is 2.84. The summed E-state index contributed by atoms with van der Waals surface area (Å²) in [7, 11) is 1.35. The summed E-state index contributed by atoms with van der Waals surface area (Å²) in [6, 6.07) is 9.31. The highest BCUT2D eigenvalue weighted by Crippen LogP contribution is 2.18. The van der Waals surface area contributed by atoms with Crippen molar-refractivity contribution in [3.05, 3.63) is 35.9 Å². The van der Waals surface area contributed by atoms with Crippen molar-refractivity contribution in [2.45, 2.75) is 24.8 Å². The Bertz CT molecular complexity index is 395. The highest BCUT2D eigenvalue weighted by Gasteiger charge is 2.29. The van der Waals surface area contributed by atoms with Crippen molar-refractivity contribution in [2.24, 2.45) is 0 Å². The fraction of sp³-hybridized carbons (Fsp3) is 0.533. The van der Waals surface area contributed by atoms with Gasteiger partial charge in [0.1, 0.15) is 0 Å². The number of carbonyl (C=O) groups is 1. The van der Waals surface area contributed by atoms with Crippen LogP contribution in [-0.2, 0) is 9.53 Å². The summed E-state index contributed by atoms with van der Waals surface area (Å²) in [6.07, 6.45) is 0.558. The van der Waals surface area contributed by atoms with E-state index in [2.05, 4.69) is 5.32 Å². The van der Waals surface area contributed by atoms with Gasteiger partial charge in [0.25, 0.3) is 0 Å². The molecule has 1 aromatic rings. The third-order valence-corrected chi connectivity index (χ3v) is 3.65. The largest absolute Gasteiger partial charge is 0.469 e. The molecule has 112 valence electrons. The Morgan fingerprint density at radius 1 is 1.30 bits per heavy atom. The van der Waals surface area contributed by atoms with Gasteiger partial charge in [-0.1, -0.05) is 37.3 Å². The van der Waals surface area contributed by atoms with Crippen molar-refractivity contribution in [1.29, 1.82) is 0 Å². The summed E-state index contributed by atoms with van der Waals surface area (Å²) in [6.45, 7) is 1.78. The van der Waals surface area contributed by atoms with Crippen molar-refractivity contribution >= 4 is 5.97 Å². The van der Waals surface area contributed by atoms with E-state index in [0.717, 1.165) is 5.56 Å². The molecular weight excluding hydrogens is 258 g/mol. The van der Waals surface area contributed by atoms with Gasteiger partial charge in [0, 0.05) is 6.54 Å². The van der Waals surface area contributed by atoms with E-state index in [9.17, 15) is 15.0 Å². The Morgan fingerprint density at radius 2 is 1.90 bits per heavy atom. The molecule has 0 aliphatic heterocycles. The van der Waals surface area contributed by atoms with Crippen LogP contribution in [0.1, 0.15) is 24.8 Å². The molecule has 1 atom stereocenters. The van der Waals surface area contributed by atoms with Crippen LogP contribution in [0.5, 0.6) is 0 Å². The lowest BCUT2D eigenvalue weighted by Gasteiger charge is -2.31. The molecule has 0 fully saturated rings. The highest BCUT2D eigenvalue weighted by atomic mass is 16.5. The zero-order chi connectivity index (χ0) is 15.0. The van der Waals surface area contributed by atoms with Crippen molar-refractivity contribution in [1.82, 2.24) is 5.32 Å². The number of methoxy groups -OCH3 is 1. The maximum absolute atomic E-state index is 11.9. The number of aliphatic hydroxyl groups excluding tert-OH is 2. The summed E-state index contributed by atoms with van der Waals surface area (Å²) < 4.78 is 4.83. The second-order valence-electron chi connectivity index (χ2n) is 4.82. The minimum absolute atomic E-state index is 0.192. The van der Waals surface area contributed by atoms with Crippen molar-refractivity contribution < 1.29 is 19.7 Å². The van der Waals surface area contributed by atoms with Gasteiger partial charge < -0.3 is 20.3 Å². The van der Waals surface area contributed by atoms with Gasteiger partial charge in [-0.2, -0.15) is 0 Å². The fourth-order valence-corrected chi connectivity index (χ4v) is 1.99. The Kier molecular flexibility index (Phi) is 6.64. The quantitative estimate of drug-likeness (QED) is 0.610. The number of carbonyl (C=O) groups excluding carboxylic acids is 1. The van der Waals surface area contributed by atoms with Crippen molar-refractivity contribution in [3.8, 4) is 0 Å². The van der Waals surface area contributed by atoms with Gasteiger partial charge >= 0.3 is 5.97 Å². The third kappa shape index (κ3) is 4.03. The number of nitrogens with one attached hydrogen (secondary N) is 1. The number of hydrogen-bond acceptors (Lipinski definition) is 5. The lowest BCUT2D eigenvalue weighted by molar-refractivity contribution is -0.142. The number of hydrogen-bond donors (Lipinski definition) is 3. The molecule has 0 saturated heterocycles. The first-order valence-electron chi connectivity index (χ1n) is 6.72. The van der Waals surface area contributed by atoms with Gasteiger partial charge in [-0.25, -0.2) is 0 Å². The monoisotopic (exact) mass is 281 g/mol. The average molecular weight is 281 g/mol. The molecule has 5 heteroatoms. The van der Waals surface area contributed by atoms with Gasteiger partial charge in [-0.05, 0) is 12.0 Å². The van der Waals surface area contributed by atoms with Gasteiger partial charge in [0.2, 0.25) is 0 Å². The second-order valence-corrected chi connectivity index (χ2v) is 4.82. The fourth-order valence-electron chi connectivity index (χ4n) is 1.99. The van der Waals surface area contributed by atoms with Gasteiger partial charge in [-0.3, -0.25) is 4.79 Å². The number of esters is 1. The van der Waals surface area contributed by atoms with E-state index in [1.807, 2.05) is 37.3 Å². The predicted octanol–water partition coefficient (Wildman–Crippen LogP) is 0.666. The molecular formula is C15H23NO4. The maximum Gasteiger partial charge on any atom is 0.314 e. The summed E-state index contributed by atoms with van der Waals surface area (Å²) in [5.41, 5.74) is 0.0638. The molecule has 3 N–H and O–H groups in total. The molecule has 0 spiro atoms. The Labute approximate surface area is 119 Å². The number of benzene rings is 1. The molecule has 0 bridgehead atoms. The van der Waals surface area contributed by atoms with E-state index in [-0.39, 0.29) is 19.2 Å². The molecule has 0 radical (unpaired) electrons. The third-order valence-electron chi connectivity index (χ3n) is 3.65. The van der Waals surface area contributed by atoms with Crippen LogP contribution in [0, 0.1) is 0 Å². The lowest BCUT2D eigenvalue weighted by atomic mass is 9.94. The minimum Gasteiger partial charge on any atom is -0.469 e. The molecule has 5 nitrogen and oxygen atoms in total. The first kappa shape index (κ1) is 16.6. The molecule has 0 amide bonds. The molecule has 20 heavy (non-hydrogen) atoms. The first-order chi connectivity index (χ1) is 9.62. The first-order valence-corrected chi connectivity index (χ1v) is 6.72. The summed E-state index contributed by atoms with van der Waals surface area (Å²) in [4.78, 5) is 11.9.